The van der Waals surface area contributed by atoms with Crippen LogP contribution in [0.4, 0.5) is 5.95 Å². The molecule has 0 N–H and O–H groups in total. The van der Waals surface area contributed by atoms with Gasteiger partial charge in [0.15, 0.2) is 0 Å². The molecule has 1 atom stereocenters. The number of carbonyl (C=O) groups excluding carboxylic acids is 1. The first-order chi connectivity index (χ1) is 13.3. The second kappa shape index (κ2) is 8.51. The highest BCUT2D eigenvalue weighted by molar-refractivity contribution is 5.79. The van der Waals surface area contributed by atoms with E-state index < -0.39 is 0 Å². The summed E-state index contributed by atoms with van der Waals surface area (Å²) < 4.78 is 0. The molecule has 5 heteroatoms. The minimum absolute atomic E-state index is 0.0771. The van der Waals surface area contributed by atoms with Gasteiger partial charge in [0, 0.05) is 38.6 Å². The monoisotopic (exact) mass is 364 g/mol. The molecular weight excluding hydrogens is 336 g/mol. The molecule has 0 radical (unpaired) electrons. The van der Waals surface area contributed by atoms with Crippen molar-refractivity contribution in [2.75, 3.05) is 31.1 Å². The lowest BCUT2D eigenvalue weighted by Gasteiger charge is -2.38. The van der Waals surface area contributed by atoms with E-state index in [0.717, 1.165) is 64.2 Å². The molecule has 2 fully saturated rings. The Morgan fingerprint density at radius 3 is 2.44 bits per heavy atom. The van der Waals surface area contributed by atoms with Gasteiger partial charge in [0.25, 0.3) is 0 Å². The lowest BCUT2D eigenvalue weighted by Crippen LogP contribution is -2.47. The topological polar surface area (TPSA) is 49.3 Å². The molecule has 0 saturated carbocycles. The van der Waals surface area contributed by atoms with E-state index in [1.807, 2.05) is 6.07 Å². The van der Waals surface area contributed by atoms with Crippen LogP contribution in [0.5, 0.6) is 0 Å². The number of carbonyl (C=O) groups is 1. The van der Waals surface area contributed by atoms with Crippen molar-refractivity contribution < 1.29 is 4.79 Å². The zero-order valence-corrected chi connectivity index (χ0v) is 15.8. The average Bonchev–Trinajstić information content (AvgIpc) is 2.75. The molecule has 1 aromatic heterocycles. The molecule has 0 aliphatic carbocycles. The molecule has 2 aromatic rings. The van der Waals surface area contributed by atoms with Crippen LogP contribution in [0.2, 0.25) is 0 Å². The Balaban J connectivity index is 1.30. The van der Waals surface area contributed by atoms with Gasteiger partial charge in [-0.05, 0) is 49.7 Å². The van der Waals surface area contributed by atoms with Crippen LogP contribution in [-0.4, -0.2) is 47.0 Å². The van der Waals surface area contributed by atoms with Crippen molar-refractivity contribution in [1.29, 1.82) is 0 Å². The molecular formula is C22H28N4O. The van der Waals surface area contributed by atoms with Crippen LogP contribution in [0.15, 0.2) is 48.8 Å². The first-order valence-corrected chi connectivity index (χ1v) is 10.1. The minimum Gasteiger partial charge on any atom is -0.342 e. The van der Waals surface area contributed by atoms with Crippen LogP contribution in [0.25, 0.3) is 0 Å². The molecule has 4 rings (SSSR count). The fourth-order valence-corrected chi connectivity index (χ4v) is 4.38. The molecule has 1 unspecified atom stereocenters. The first kappa shape index (κ1) is 18.0. The third-order valence-electron chi connectivity index (χ3n) is 5.90. The SMILES string of the molecule is O=C(C1CCCN(c2ncccn2)C1)N1CCC(Cc2ccccc2)CC1. The summed E-state index contributed by atoms with van der Waals surface area (Å²) >= 11 is 0. The molecule has 0 bridgehead atoms. The lowest BCUT2D eigenvalue weighted by atomic mass is 9.89. The van der Waals surface area contributed by atoms with E-state index in [1.165, 1.54) is 5.56 Å². The van der Waals surface area contributed by atoms with Crippen molar-refractivity contribution in [3.05, 3.63) is 54.4 Å². The number of benzene rings is 1. The van der Waals surface area contributed by atoms with Gasteiger partial charge < -0.3 is 9.80 Å². The van der Waals surface area contributed by atoms with Crippen LogP contribution in [0, 0.1) is 11.8 Å². The quantitative estimate of drug-likeness (QED) is 0.836. The Hall–Kier alpha value is -2.43. The second-order valence-corrected chi connectivity index (χ2v) is 7.79. The third kappa shape index (κ3) is 4.46. The number of aromatic nitrogens is 2. The smallest absolute Gasteiger partial charge is 0.227 e. The van der Waals surface area contributed by atoms with Gasteiger partial charge >= 0.3 is 0 Å². The van der Waals surface area contributed by atoms with Gasteiger partial charge in [0.2, 0.25) is 11.9 Å². The van der Waals surface area contributed by atoms with Crippen molar-refractivity contribution >= 4 is 11.9 Å². The summed E-state index contributed by atoms with van der Waals surface area (Å²) in [6, 6.07) is 12.5. The second-order valence-electron chi connectivity index (χ2n) is 7.79. The van der Waals surface area contributed by atoms with Crippen molar-refractivity contribution in [2.45, 2.75) is 32.1 Å². The number of likely N-dealkylation sites (tertiary alicyclic amines) is 1. The highest BCUT2D eigenvalue weighted by atomic mass is 16.2. The summed E-state index contributed by atoms with van der Waals surface area (Å²) in [4.78, 5) is 26.0. The highest BCUT2D eigenvalue weighted by Gasteiger charge is 2.32. The van der Waals surface area contributed by atoms with Crippen molar-refractivity contribution in [3.63, 3.8) is 0 Å². The van der Waals surface area contributed by atoms with Gasteiger partial charge in [-0.1, -0.05) is 30.3 Å². The zero-order valence-electron chi connectivity index (χ0n) is 15.8. The maximum absolute atomic E-state index is 13.1. The zero-order chi connectivity index (χ0) is 18.5. The van der Waals surface area contributed by atoms with Crippen molar-refractivity contribution in [1.82, 2.24) is 14.9 Å². The number of nitrogens with zero attached hydrogens (tertiary/aromatic N) is 4. The molecule has 1 amide bonds. The maximum atomic E-state index is 13.1. The lowest BCUT2D eigenvalue weighted by molar-refractivity contribution is -0.137. The summed E-state index contributed by atoms with van der Waals surface area (Å²) in [5.41, 5.74) is 1.41. The van der Waals surface area contributed by atoms with E-state index in [-0.39, 0.29) is 5.92 Å². The number of hydrogen-bond acceptors (Lipinski definition) is 4. The van der Waals surface area contributed by atoms with E-state index in [2.05, 4.69) is 50.1 Å². The Bertz CT molecular complexity index is 728. The number of rotatable bonds is 4. The summed E-state index contributed by atoms with van der Waals surface area (Å²) in [6.45, 7) is 3.48. The van der Waals surface area contributed by atoms with E-state index in [1.54, 1.807) is 12.4 Å². The number of piperidine rings is 2. The molecule has 0 spiro atoms. The molecule has 2 saturated heterocycles. The Morgan fingerprint density at radius 2 is 1.70 bits per heavy atom. The first-order valence-electron chi connectivity index (χ1n) is 10.1. The number of amides is 1. The maximum Gasteiger partial charge on any atom is 0.227 e. The fourth-order valence-electron chi connectivity index (χ4n) is 4.38. The minimum atomic E-state index is 0.0771. The van der Waals surface area contributed by atoms with Gasteiger partial charge in [-0.2, -0.15) is 0 Å². The number of anilines is 1. The molecule has 3 heterocycles. The molecule has 2 aliphatic rings. The largest absolute Gasteiger partial charge is 0.342 e. The predicted octanol–water partition coefficient (Wildman–Crippen LogP) is 3.17. The van der Waals surface area contributed by atoms with Crippen LogP contribution >= 0.6 is 0 Å². The van der Waals surface area contributed by atoms with Gasteiger partial charge in [0.1, 0.15) is 0 Å². The van der Waals surface area contributed by atoms with Crippen molar-refractivity contribution in [2.24, 2.45) is 11.8 Å². The summed E-state index contributed by atoms with van der Waals surface area (Å²) in [5, 5.41) is 0. The van der Waals surface area contributed by atoms with Gasteiger partial charge in [-0.3, -0.25) is 4.79 Å². The van der Waals surface area contributed by atoms with Crippen molar-refractivity contribution in [3.8, 4) is 0 Å². The highest BCUT2D eigenvalue weighted by Crippen LogP contribution is 2.26. The van der Waals surface area contributed by atoms with E-state index in [0.29, 0.717) is 11.8 Å². The third-order valence-corrected chi connectivity index (χ3v) is 5.90. The summed E-state index contributed by atoms with van der Waals surface area (Å²) in [7, 11) is 0. The Labute approximate surface area is 161 Å². The molecule has 27 heavy (non-hydrogen) atoms. The normalized spacial score (nSPS) is 21.3. The molecule has 2 aliphatic heterocycles. The molecule has 5 nitrogen and oxygen atoms in total. The van der Waals surface area contributed by atoms with Crippen LogP contribution in [0.1, 0.15) is 31.2 Å². The van der Waals surface area contributed by atoms with Crippen LogP contribution < -0.4 is 4.90 Å². The van der Waals surface area contributed by atoms with Gasteiger partial charge in [-0.15, -0.1) is 0 Å². The predicted molar refractivity (Wildman–Crippen MR) is 106 cm³/mol. The number of hydrogen-bond donors (Lipinski definition) is 0. The molecule has 142 valence electrons. The Kier molecular flexibility index (Phi) is 5.66. The Morgan fingerprint density at radius 1 is 0.963 bits per heavy atom. The van der Waals surface area contributed by atoms with E-state index in [4.69, 9.17) is 0 Å². The van der Waals surface area contributed by atoms with Gasteiger partial charge in [0.05, 0.1) is 5.92 Å². The average molecular weight is 364 g/mol. The standard InChI is InChI=1S/C22H28N4O/c27-21(20-8-4-13-26(17-20)22-23-11-5-12-24-22)25-14-9-19(10-15-25)16-18-6-2-1-3-7-18/h1-3,5-7,11-12,19-20H,4,8-10,13-17H2. The molecule has 1 aromatic carbocycles. The van der Waals surface area contributed by atoms with Crippen LogP contribution in [-0.2, 0) is 11.2 Å². The van der Waals surface area contributed by atoms with E-state index in [9.17, 15) is 4.79 Å². The van der Waals surface area contributed by atoms with Crippen LogP contribution in [0.3, 0.4) is 0 Å². The summed E-state index contributed by atoms with van der Waals surface area (Å²) in [6.07, 6.45) is 8.89. The summed E-state index contributed by atoms with van der Waals surface area (Å²) in [5.74, 6) is 1.84. The van der Waals surface area contributed by atoms with E-state index >= 15 is 0 Å². The van der Waals surface area contributed by atoms with Gasteiger partial charge in [-0.25, -0.2) is 9.97 Å². The fraction of sp³-hybridized carbons (Fsp3) is 0.500.